The highest BCUT2D eigenvalue weighted by Crippen LogP contribution is 2.30. The van der Waals surface area contributed by atoms with E-state index in [4.69, 9.17) is 0 Å². The van der Waals surface area contributed by atoms with Crippen molar-refractivity contribution in [1.29, 1.82) is 0 Å². The molecule has 0 spiro atoms. The molecule has 0 atom stereocenters. The van der Waals surface area contributed by atoms with E-state index in [-0.39, 0.29) is 5.82 Å². The van der Waals surface area contributed by atoms with Crippen LogP contribution in [0.2, 0.25) is 0 Å². The minimum absolute atomic E-state index is 0.0741. The van der Waals surface area contributed by atoms with Crippen molar-refractivity contribution in [2.24, 2.45) is 0 Å². The Hall–Kier alpha value is -0.150. The molecule has 0 unspecified atom stereocenters. The van der Waals surface area contributed by atoms with E-state index in [0.717, 1.165) is 15.4 Å². The van der Waals surface area contributed by atoms with E-state index in [9.17, 15) is 4.39 Å². The molecule has 1 rings (SSSR count). The monoisotopic (exact) mass is 202 g/mol. The first kappa shape index (κ1) is 9.93. The van der Waals surface area contributed by atoms with Crippen molar-refractivity contribution in [3.05, 3.63) is 23.5 Å². The van der Waals surface area contributed by atoms with E-state index in [1.54, 1.807) is 0 Å². The zero-order chi connectivity index (χ0) is 9.14. The Morgan fingerprint density at radius 1 is 1.17 bits per heavy atom. The van der Waals surface area contributed by atoms with Gasteiger partial charge in [-0.25, -0.2) is 4.39 Å². The van der Waals surface area contributed by atoms with Gasteiger partial charge < -0.3 is 0 Å². The second-order valence-electron chi connectivity index (χ2n) is 2.43. The first-order valence-electron chi connectivity index (χ1n) is 3.57. The van der Waals surface area contributed by atoms with Gasteiger partial charge in [-0.3, -0.25) is 0 Å². The van der Waals surface area contributed by atoms with Crippen LogP contribution in [0.1, 0.15) is 5.56 Å². The van der Waals surface area contributed by atoms with Gasteiger partial charge in [0.1, 0.15) is 0 Å². The molecular formula is C9H11FS2. The molecule has 0 saturated heterocycles. The summed E-state index contributed by atoms with van der Waals surface area (Å²) in [6, 6.07) is 3.79. The van der Waals surface area contributed by atoms with Crippen LogP contribution in [0.15, 0.2) is 21.9 Å². The second-order valence-corrected chi connectivity index (χ2v) is 4.10. The number of thioether (sulfide) groups is 2. The molecule has 0 aliphatic rings. The molecule has 1 aromatic rings. The molecule has 1 aromatic carbocycles. The largest absolute Gasteiger partial charge is 0.205 e. The first-order chi connectivity index (χ1) is 5.70. The van der Waals surface area contributed by atoms with Gasteiger partial charge in [-0.1, -0.05) is 6.07 Å². The molecule has 66 valence electrons. The average Bonchev–Trinajstić information content (AvgIpc) is 2.06. The number of aryl methyl sites for hydroxylation is 1. The first-order valence-corrected chi connectivity index (χ1v) is 6.02. The van der Waals surface area contributed by atoms with Gasteiger partial charge in [0.15, 0.2) is 5.82 Å². The van der Waals surface area contributed by atoms with Crippen LogP contribution in [0.25, 0.3) is 0 Å². The van der Waals surface area contributed by atoms with Crippen LogP contribution in [-0.4, -0.2) is 12.5 Å². The third-order valence-electron chi connectivity index (χ3n) is 1.68. The van der Waals surface area contributed by atoms with Crippen LogP contribution in [0.4, 0.5) is 4.39 Å². The zero-order valence-electron chi connectivity index (χ0n) is 7.35. The topological polar surface area (TPSA) is 0 Å². The molecule has 0 N–H and O–H groups in total. The third kappa shape index (κ3) is 1.77. The molecule has 0 aliphatic carbocycles. The minimum Gasteiger partial charge on any atom is -0.205 e. The summed E-state index contributed by atoms with van der Waals surface area (Å²) in [5.41, 5.74) is 1.01. The molecule has 0 heterocycles. The van der Waals surface area contributed by atoms with Gasteiger partial charge in [-0.05, 0) is 31.1 Å². The van der Waals surface area contributed by atoms with Crippen LogP contribution < -0.4 is 0 Å². The summed E-state index contributed by atoms with van der Waals surface area (Å²) in [6.07, 6.45) is 3.79. The Morgan fingerprint density at radius 3 is 2.33 bits per heavy atom. The van der Waals surface area contributed by atoms with Gasteiger partial charge in [0.25, 0.3) is 0 Å². The SMILES string of the molecule is CSc1ccc(C)c(SC)c1F. The fourth-order valence-corrected chi connectivity index (χ4v) is 2.27. The Bertz CT molecular complexity index is 284. The molecule has 0 amide bonds. The van der Waals surface area contributed by atoms with Crippen molar-refractivity contribution in [3.8, 4) is 0 Å². The van der Waals surface area contributed by atoms with Crippen LogP contribution in [0.3, 0.4) is 0 Å². The highest BCUT2D eigenvalue weighted by Gasteiger charge is 2.08. The summed E-state index contributed by atoms with van der Waals surface area (Å²) in [7, 11) is 0. The standard InChI is InChI=1S/C9H11FS2/c1-6-4-5-7(11-2)8(10)9(6)12-3/h4-5H,1-3H3. The lowest BCUT2D eigenvalue weighted by atomic mass is 10.2. The predicted octanol–water partition coefficient (Wildman–Crippen LogP) is 3.58. The number of halogens is 1. The second kappa shape index (κ2) is 4.19. The quantitative estimate of drug-likeness (QED) is 0.672. The average molecular weight is 202 g/mol. The van der Waals surface area contributed by atoms with Gasteiger partial charge in [0.2, 0.25) is 0 Å². The fraction of sp³-hybridized carbons (Fsp3) is 0.333. The molecule has 0 saturated carbocycles. The van der Waals surface area contributed by atoms with Crippen molar-refractivity contribution in [3.63, 3.8) is 0 Å². The Labute approximate surface area is 80.9 Å². The third-order valence-corrected chi connectivity index (χ3v) is 3.35. The van der Waals surface area contributed by atoms with Crippen molar-refractivity contribution in [1.82, 2.24) is 0 Å². The van der Waals surface area contributed by atoms with E-state index < -0.39 is 0 Å². The van der Waals surface area contributed by atoms with Gasteiger partial charge in [0, 0.05) is 9.79 Å². The molecule has 3 heteroatoms. The van der Waals surface area contributed by atoms with E-state index in [2.05, 4.69) is 0 Å². The summed E-state index contributed by atoms with van der Waals surface area (Å²) in [5, 5.41) is 0. The lowest BCUT2D eigenvalue weighted by Gasteiger charge is -2.06. The lowest BCUT2D eigenvalue weighted by Crippen LogP contribution is -1.88. The number of hydrogen-bond donors (Lipinski definition) is 0. The highest BCUT2D eigenvalue weighted by molar-refractivity contribution is 7.99. The summed E-state index contributed by atoms with van der Waals surface area (Å²) in [4.78, 5) is 1.49. The molecule has 0 aliphatic heterocycles. The normalized spacial score (nSPS) is 10.3. The van der Waals surface area contributed by atoms with E-state index in [1.807, 2.05) is 31.6 Å². The van der Waals surface area contributed by atoms with Crippen molar-refractivity contribution in [2.75, 3.05) is 12.5 Å². The Kier molecular flexibility index (Phi) is 3.47. The maximum atomic E-state index is 13.5. The molecular weight excluding hydrogens is 191 g/mol. The van der Waals surface area contributed by atoms with Gasteiger partial charge >= 0.3 is 0 Å². The van der Waals surface area contributed by atoms with Crippen molar-refractivity contribution < 1.29 is 4.39 Å². The number of hydrogen-bond acceptors (Lipinski definition) is 2. The fourth-order valence-electron chi connectivity index (χ4n) is 1.04. The van der Waals surface area contributed by atoms with Gasteiger partial charge in [-0.15, -0.1) is 23.5 Å². The molecule has 12 heavy (non-hydrogen) atoms. The van der Waals surface area contributed by atoms with E-state index in [1.165, 1.54) is 23.5 Å². The van der Waals surface area contributed by atoms with Crippen molar-refractivity contribution >= 4 is 23.5 Å². The van der Waals surface area contributed by atoms with Crippen LogP contribution in [0, 0.1) is 12.7 Å². The number of benzene rings is 1. The molecule has 0 nitrogen and oxygen atoms in total. The van der Waals surface area contributed by atoms with Crippen molar-refractivity contribution in [2.45, 2.75) is 16.7 Å². The summed E-state index contributed by atoms with van der Waals surface area (Å²) in [6.45, 7) is 1.93. The predicted molar refractivity (Wildman–Crippen MR) is 54.7 cm³/mol. The smallest absolute Gasteiger partial charge is 0.150 e. The zero-order valence-corrected chi connectivity index (χ0v) is 8.98. The van der Waals surface area contributed by atoms with Gasteiger partial charge in [-0.2, -0.15) is 0 Å². The van der Waals surface area contributed by atoms with Gasteiger partial charge in [0.05, 0.1) is 0 Å². The molecule has 0 fully saturated rings. The number of rotatable bonds is 2. The van der Waals surface area contributed by atoms with Crippen LogP contribution in [0.5, 0.6) is 0 Å². The molecule has 0 bridgehead atoms. The van der Waals surface area contributed by atoms with E-state index in [0.29, 0.717) is 0 Å². The van der Waals surface area contributed by atoms with E-state index >= 15 is 0 Å². The Balaban J connectivity index is 3.24. The Morgan fingerprint density at radius 2 is 1.83 bits per heavy atom. The summed E-state index contributed by atoms with van der Waals surface area (Å²) >= 11 is 2.91. The lowest BCUT2D eigenvalue weighted by molar-refractivity contribution is 0.573. The summed E-state index contributed by atoms with van der Waals surface area (Å²) < 4.78 is 13.5. The van der Waals surface area contributed by atoms with Crippen LogP contribution >= 0.6 is 23.5 Å². The van der Waals surface area contributed by atoms with Crippen LogP contribution in [-0.2, 0) is 0 Å². The maximum absolute atomic E-state index is 13.5. The highest BCUT2D eigenvalue weighted by atomic mass is 32.2. The molecule has 0 radical (unpaired) electrons. The summed E-state index contributed by atoms with van der Waals surface area (Å²) in [5.74, 6) is -0.0741. The molecule has 0 aromatic heterocycles. The minimum atomic E-state index is -0.0741. The maximum Gasteiger partial charge on any atom is 0.150 e.